The molecule has 1 amide bonds. The predicted octanol–water partition coefficient (Wildman–Crippen LogP) is 6.90. The molecule has 3 nitrogen and oxygen atoms in total. The molecule has 0 saturated heterocycles. The van der Waals surface area contributed by atoms with Crippen molar-refractivity contribution in [1.29, 1.82) is 0 Å². The summed E-state index contributed by atoms with van der Waals surface area (Å²) in [5.41, 5.74) is 1.10. The van der Waals surface area contributed by atoms with Crippen LogP contribution in [0.25, 0.3) is 0 Å². The van der Waals surface area contributed by atoms with Crippen molar-refractivity contribution in [3.8, 4) is 0 Å². The Bertz CT molecular complexity index is 1070. The van der Waals surface area contributed by atoms with Gasteiger partial charge in [-0.15, -0.1) is 0 Å². The molecule has 0 aliphatic rings. The van der Waals surface area contributed by atoms with Crippen LogP contribution in [0.2, 0.25) is 5.02 Å². The van der Waals surface area contributed by atoms with E-state index in [0.29, 0.717) is 11.6 Å². The van der Waals surface area contributed by atoms with E-state index in [1.54, 1.807) is 11.0 Å². The summed E-state index contributed by atoms with van der Waals surface area (Å²) in [7, 11) is 0. The molecule has 170 valence electrons. The highest BCUT2D eigenvalue weighted by atomic mass is 35.5. The Morgan fingerprint density at radius 1 is 1.03 bits per heavy atom. The number of carbonyl (C=O) groups is 1. The fourth-order valence-electron chi connectivity index (χ4n) is 3.51. The summed E-state index contributed by atoms with van der Waals surface area (Å²) in [5.74, 6) is -0.297. The number of alkyl halides is 3. The van der Waals surface area contributed by atoms with E-state index < -0.39 is 17.6 Å². The van der Waals surface area contributed by atoms with Gasteiger partial charge < -0.3 is 9.47 Å². The summed E-state index contributed by atoms with van der Waals surface area (Å²) in [5, 5.41) is 0.644. The number of rotatable bonds is 7. The van der Waals surface area contributed by atoms with Crippen molar-refractivity contribution in [2.45, 2.75) is 46.1 Å². The van der Waals surface area contributed by atoms with Crippen molar-refractivity contribution in [1.82, 2.24) is 9.47 Å². The summed E-state index contributed by atoms with van der Waals surface area (Å²) >= 11 is 6.10. The molecule has 0 bridgehead atoms. The first-order valence-corrected chi connectivity index (χ1v) is 10.8. The summed E-state index contributed by atoms with van der Waals surface area (Å²) < 4.78 is 41.5. The summed E-state index contributed by atoms with van der Waals surface area (Å²) in [6.45, 7) is 6.75. The van der Waals surface area contributed by atoms with Gasteiger partial charge >= 0.3 is 6.18 Å². The van der Waals surface area contributed by atoms with Gasteiger partial charge in [0, 0.05) is 35.1 Å². The molecule has 2 aromatic carbocycles. The molecule has 1 aromatic heterocycles. The van der Waals surface area contributed by atoms with Gasteiger partial charge in [0.2, 0.25) is 0 Å². The van der Waals surface area contributed by atoms with Crippen LogP contribution in [0.4, 0.5) is 13.2 Å². The number of hydrogen-bond donors (Lipinski definition) is 0. The lowest BCUT2D eigenvalue weighted by molar-refractivity contribution is -0.137. The third-order valence-corrected chi connectivity index (χ3v) is 5.89. The normalized spacial score (nSPS) is 12.8. The number of amides is 1. The van der Waals surface area contributed by atoms with E-state index in [0.717, 1.165) is 23.4 Å². The van der Waals surface area contributed by atoms with E-state index in [1.165, 1.54) is 12.1 Å². The monoisotopic (exact) mass is 462 g/mol. The van der Waals surface area contributed by atoms with Crippen molar-refractivity contribution in [3.63, 3.8) is 0 Å². The molecule has 32 heavy (non-hydrogen) atoms. The Morgan fingerprint density at radius 2 is 1.75 bits per heavy atom. The van der Waals surface area contributed by atoms with E-state index in [-0.39, 0.29) is 24.1 Å². The lowest BCUT2D eigenvalue weighted by atomic mass is 10.0. The van der Waals surface area contributed by atoms with Crippen LogP contribution in [-0.4, -0.2) is 21.4 Å². The van der Waals surface area contributed by atoms with Crippen molar-refractivity contribution in [2.24, 2.45) is 5.92 Å². The van der Waals surface area contributed by atoms with Crippen LogP contribution in [0.5, 0.6) is 0 Å². The Hall–Kier alpha value is -2.73. The third kappa shape index (κ3) is 5.74. The molecule has 3 aromatic rings. The maximum atomic E-state index is 13.3. The fourth-order valence-corrected chi connectivity index (χ4v) is 3.72. The van der Waals surface area contributed by atoms with Crippen LogP contribution in [0.15, 0.2) is 66.9 Å². The van der Waals surface area contributed by atoms with Crippen LogP contribution >= 0.6 is 11.6 Å². The Morgan fingerprint density at radius 3 is 2.41 bits per heavy atom. The van der Waals surface area contributed by atoms with Gasteiger partial charge in [-0.05, 0) is 60.9 Å². The quantitative estimate of drug-likeness (QED) is 0.375. The Balaban J connectivity index is 1.90. The number of halogens is 4. The lowest BCUT2D eigenvalue weighted by Crippen LogP contribution is -2.41. The van der Waals surface area contributed by atoms with Crippen molar-refractivity contribution in [3.05, 3.63) is 94.3 Å². The predicted molar refractivity (Wildman–Crippen MR) is 121 cm³/mol. The highest BCUT2D eigenvalue weighted by molar-refractivity contribution is 6.30. The molecule has 0 aliphatic heterocycles. The minimum absolute atomic E-state index is 0.0280. The molecule has 0 N–H and O–H groups in total. The number of aromatic nitrogens is 1. The zero-order valence-electron chi connectivity index (χ0n) is 18.2. The second-order valence-corrected chi connectivity index (χ2v) is 8.69. The van der Waals surface area contributed by atoms with E-state index >= 15 is 0 Å². The lowest BCUT2D eigenvalue weighted by Gasteiger charge is -2.32. The summed E-state index contributed by atoms with van der Waals surface area (Å²) in [6, 6.07) is 15.8. The molecule has 1 atom stereocenters. The second kappa shape index (κ2) is 9.82. The van der Waals surface area contributed by atoms with Gasteiger partial charge in [0.1, 0.15) is 0 Å². The first-order chi connectivity index (χ1) is 15.1. The maximum Gasteiger partial charge on any atom is 0.416 e. The van der Waals surface area contributed by atoms with Crippen LogP contribution in [0.1, 0.15) is 48.0 Å². The topological polar surface area (TPSA) is 25.2 Å². The number of benzene rings is 2. The van der Waals surface area contributed by atoms with Crippen molar-refractivity contribution < 1.29 is 18.0 Å². The summed E-state index contributed by atoms with van der Waals surface area (Å²) in [6.07, 6.45) is -2.58. The minimum Gasteiger partial charge on any atom is -0.345 e. The smallest absolute Gasteiger partial charge is 0.345 e. The molecule has 7 heteroatoms. The Kier molecular flexibility index (Phi) is 7.34. The van der Waals surface area contributed by atoms with Gasteiger partial charge in [0.25, 0.3) is 5.91 Å². The van der Waals surface area contributed by atoms with Gasteiger partial charge in [0.05, 0.1) is 12.1 Å². The maximum absolute atomic E-state index is 13.3. The van der Waals surface area contributed by atoms with Crippen LogP contribution in [-0.2, 0) is 19.3 Å². The molecule has 1 heterocycles. The fraction of sp³-hybridized carbons (Fsp3) is 0.320. The largest absolute Gasteiger partial charge is 0.416 e. The molecule has 0 saturated carbocycles. The number of nitrogens with zero attached hydrogens (tertiary/aromatic N) is 2. The third-order valence-electron chi connectivity index (χ3n) is 5.65. The standard InChI is InChI=1S/C25H26ClF3N2O/c1-17(2)18(3)31(24(32)20-8-5-9-21(14-20)25(27,28)29)16-23-11-6-12-30(23)15-19-7-4-10-22(26)13-19/h4-14,17-18H,15-16H2,1-3H3. The van der Waals surface area contributed by atoms with E-state index in [2.05, 4.69) is 0 Å². The van der Waals surface area contributed by atoms with Gasteiger partial charge in [0.15, 0.2) is 0 Å². The van der Waals surface area contributed by atoms with Gasteiger partial charge in [-0.1, -0.05) is 43.6 Å². The minimum atomic E-state index is -4.50. The highest BCUT2D eigenvalue weighted by Crippen LogP contribution is 2.30. The molecule has 0 aliphatic carbocycles. The SMILES string of the molecule is CC(C)C(C)N(Cc1cccn1Cc1cccc(Cl)c1)C(=O)c1cccc(C(F)(F)F)c1. The zero-order valence-corrected chi connectivity index (χ0v) is 19.0. The number of hydrogen-bond acceptors (Lipinski definition) is 1. The first kappa shape index (κ1) is 23.9. The van der Waals surface area contributed by atoms with Crippen molar-refractivity contribution in [2.75, 3.05) is 0 Å². The van der Waals surface area contributed by atoms with Gasteiger partial charge in [-0.3, -0.25) is 4.79 Å². The van der Waals surface area contributed by atoms with Crippen LogP contribution in [0.3, 0.4) is 0 Å². The Labute approximate surface area is 191 Å². The molecule has 3 rings (SSSR count). The van der Waals surface area contributed by atoms with Crippen LogP contribution in [0, 0.1) is 5.92 Å². The average molecular weight is 463 g/mol. The van der Waals surface area contributed by atoms with Crippen molar-refractivity contribution >= 4 is 17.5 Å². The van der Waals surface area contributed by atoms with E-state index in [1.807, 2.05) is 61.9 Å². The van der Waals surface area contributed by atoms with E-state index in [9.17, 15) is 18.0 Å². The first-order valence-electron chi connectivity index (χ1n) is 10.4. The van der Waals surface area contributed by atoms with E-state index in [4.69, 9.17) is 11.6 Å². The molecule has 1 unspecified atom stereocenters. The second-order valence-electron chi connectivity index (χ2n) is 8.25. The molecule has 0 radical (unpaired) electrons. The highest BCUT2D eigenvalue weighted by Gasteiger charge is 2.32. The van der Waals surface area contributed by atoms with Gasteiger partial charge in [-0.2, -0.15) is 13.2 Å². The van der Waals surface area contributed by atoms with Gasteiger partial charge in [-0.25, -0.2) is 0 Å². The number of carbonyl (C=O) groups excluding carboxylic acids is 1. The van der Waals surface area contributed by atoms with Crippen LogP contribution < -0.4 is 0 Å². The summed E-state index contributed by atoms with van der Waals surface area (Å²) in [4.78, 5) is 15.0. The average Bonchev–Trinajstić information content (AvgIpc) is 3.17. The molecule has 0 fully saturated rings. The zero-order chi connectivity index (χ0) is 23.5. The molecular weight excluding hydrogens is 437 g/mol. The molecular formula is C25H26ClF3N2O. The molecule has 0 spiro atoms.